The van der Waals surface area contributed by atoms with Gasteiger partial charge in [-0.05, 0) is 123 Å². The molecule has 0 saturated carbocycles. The van der Waals surface area contributed by atoms with E-state index in [1.165, 1.54) is 71.0 Å². The third-order valence-electron chi connectivity index (χ3n) is 12.9. The van der Waals surface area contributed by atoms with Crippen LogP contribution in [0.3, 0.4) is 0 Å². The third-order valence-corrected chi connectivity index (χ3v) is 17.7. The van der Waals surface area contributed by atoms with Gasteiger partial charge in [-0.1, -0.05) is 127 Å². The van der Waals surface area contributed by atoms with Crippen molar-refractivity contribution < 1.29 is 0 Å². The van der Waals surface area contributed by atoms with E-state index in [4.69, 9.17) is 9.97 Å². The molecule has 2 aromatic heterocycles. The van der Waals surface area contributed by atoms with Gasteiger partial charge in [0.15, 0.2) is 8.07 Å². The van der Waals surface area contributed by atoms with Crippen molar-refractivity contribution >= 4 is 86.0 Å². The van der Waals surface area contributed by atoms with E-state index in [-0.39, 0.29) is 6.71 Å². The fraction of sp³-hybridized carbons (Fsp3) is 0.0370. The summed E-state index contributed by atoms with van der Waals surface area (Å²) in [6.45, 7) is 4.58. The van der Waals surface area contributed by atoms with Crippen LogP contribution < -0.4 is 46.9 Å². The van der Waals surface area contributed by atoms with Crippen molar-refractivity contribution in [3.8, 4) is 22.5 Å². The largest absolute Gasteiger partial charge is 0.311 e. The Balaban J connectivity index is 1.28. The second-order valence-corrected chi connectivity index (χ2v) is 20.0. The molecule has 0 fully saturated rings. The molecule has 5 heterocycles. The number of aryl methyl sites for hydroxylation is 2. The van der Waals surface area contributed by atoms with Crippen LogP contribution in [0, 0.1) is 13.8 Å². The Morgan fingerprint density at radius 3 is 1.25 bits per heavy atom. The molecule has 60 heavy (non-hydrogen) atoms. The molecule has 0 atom stereocenters. The van der Waals surface area contributed by atoms with Crippen LogP contribution in [0.4, 0.5) is 34.1 Å². The quantitative estimate of drug-likeness (QED) is 0.159. The Labute approximate surface area is 352 Å². The van der Waals surface area contributed by atoms with Gasteiger partial charge in [0.2, 0.25) is 0 Å². The first kappa shape index (κ1) is 34.7. The Kier molecular flexibility index (Phi) is 7.75. The highest BCUT2D eigenvalue weighted by Crippen LogP contribution is 2.48. The predicted octanol–water partition coefficient (Wildman–Crippen LogP) is 8.20. The van der Waals surface area contributed by atoms with Gasteiger partial charge in [-0.2, -0.15) is 0 Å². The van der Waals surface area contributed by atoms with Crippen molar-refractivity contribution in [2.75, 3.05) is 9.80 Å². The van der Waals surface area contributed by atoms with Crippen LogP contribution in [0.25, 0.3) is 22.5 Å². The minimum atomic E-state index is -3.01. The number of pyridine rings is 2. The number of benzene rings is 7. The molecular weight excluding hydrogens is 744 g/mol. The van der Waals surface area contributed by atoms with Crippen molar-refractivity contribution in [2.45, 2.75) is 13.8 Å². The molecule has 0 spiro atoms. The van der Waals surface area contributed by atoms with Crippen LogP contribution in [-0.4, -0.2) is 24.8 Å². The zero-order chi connectivity index (χ0) is 40.0. The summed E-state index contributed by atoms with van der Waals surface area (Å²) in [7, 11) is -3.01. The molecule has 0 amide bonds. The first-order chi connectivity index (χ1) is 29.6. The van der Waals surface area contributed by atoms with E-state index in [0.717, 1.165) is 33.9 Å². The standard InChI is InChI=1S/C54H39BN4Si/c1-36-32-48-53-50(34-36)60(38-18-5-3-6-19-38,39-20-7-4-8-21-39)51-35-37(2)33-49-54(51)55(53)52-46(58(48)44-26-11-9-22-40(44)42-24-13-15-30-56-42)28-17-29-47(52)59(49)45-27-12-10-23-41(45)43-25-14-16-31-57-43/h3-35H,1-2H3. The van der Waals surface area contributed by atoms with Crippen LogP contribution in [0.2, 0.25) is 0 Å². The molecule has 6 heteroatoms. The Bertz CT molecular complexity index is 2930. The zero-order valence-electron chi connectivity index (χ0n) is 33.4. The van der Waals surface area contributed by atoms with Gasteiger partial charge >= 0.3 is 0 Å². The molecule has 9 aromatic rings. The van der Waals surface area contributed by atoms with Crippen LogP contribution >= 0.6 is 0 Å². The van der Waals surface area contributed by atoms with Gasteiger partial charge in [-0.15, -0.1) is 0 Å². The van der Waals surface area contributed by atoms with Crippen molar-refractivity contribution in [3.63, 3.8) is 0 Å². The molecule has 0 unspecified atom stereocenters. The Morgan fingerprint density at radius 1 is 0.383 bits per heavy atom. The highest BCUT2D eigenvalue weighted by molar-refractivity contribution is 7.27. The highest BCUT2D eigenvalue weighted by Gasteiger charge is 2.56. The van der Waals surface area contributed by atoms with E-state index in [0.29, 0.717) is 0 Å². The van der Waals surface area contributed by atoms with Crippen molar-refractivity contribution in [3.05, 3.63) is 212 Å². The number of rotatable bonds is 6. The summed E-state index contributed by atoms with van der Waals surface area (Å²) in [4.78, 5) is 15.0. The van der Waals surface area contributed by atoms with E-state index < -0.39 is 8.07 Å². The zero-order valence-corrected chi connectivity index (χ0v) is 34.4. The monoisotopic (exact) mass is 782 g/mol. The fourth-order valence-corrected chi connectivity index (χ4v) is 16.2. The normalized spacial score (nSPS) is 13.9. The summed E-state index contributed by atoms with van der Waals surface area (Å²) < 4.78 is 0. The second-order valence-electron chi connectivity index (χ2n) is 16.3. The lowest BCUT2D eigenvalue weighted by atomic mass is 9.33. The maximum Gasteiger partial charge on any atom is 0.251 e. The first-order valence-electron chi connectivity index (χ1n) is 20.8. The summed E-state index contributed by atoms with van der Waals surface area (Å²) >= 11 is 0. The third kappa shape index (κ3) is 4.85. The van der Waals surface area contributed by atoms with Crippen molar-refractivity contribution in [1.29, 1.82) is 0 Å². The topological polar surface area (TPSA) is 32.3 Å². The van der Waals surface area contributed by atoms with Crippen LogP contribution in [0.5, 0.6) is 0 Å². The van der Waals surface area contributed by atoms with Crippen LogP contribution in [-0.2, 0) is 0 Å². The minimum Gasteiger partial charge on any atom is -0.311 e. The molecule has 7 aromatic carbocycles. The molecule has 0 bridgehead atoms. The molecule has 12 rings (SSSR count). The summed E-state index contributed by atoms with van der Waals surface area (Å²) in [5.41, 5.74) is 17.8. The number of hydrogen-bond donors (Lipinski definition) is 0. The number of hydrogen-bond acceptors (Lipinski definition) is 4. The number of aromatic nitrogens is 2. The molecule has 4 nitrogen and oxygen atoms in total. The lowest BCUT2D eigenvalue weighted by Crippen LogP contribution is -2.88. The average Bonchev–Trinajstić information content (AvgIpc) is 3.30. The van der Waals surface area contributed by atoms with Gasteiger partial charge in [0.05, 0.1) is 22.8 Å². The van der Waals surface area contributed by atoms with Gasteiger partial charge in [-0.25, -0.2) is 0 Å². The predicted molar refractivity (Wildman–Crippen MR) is 254 cm³/mol. The number of nitrogens with zero attached hydrogens (tertiary/aromatic N) is 4. The van der Waals surface area contributed by atoms with Gasteiger partial charge in [0, 0.05) is 46.3 Å². The summed E-state index contributed by atoms with van der Waals surface area (Å²) in [5, 5.41) is 5.71. The van der Waals surface area contributed by atoms with E-state index in [2.05, 4.69) is 200 Å². The number of anilines is 6. The molecule has 282 valence electrons. The first-order valence-corrected chi connectivity index (χ1v) is 22.8. The highest BCUT2D eigenvalue weighted by atomic mass is 28.3. The minimum absolute atomic E-state index is 0.0111. The van der Waals surface area contributed by atoms with E-state index in [9.17, 15) is 0 Å². The molecule has 0 saturated heterocycles. The van der Waals surface area contributed by atoms with Gasteiger partial charge in [-0.3, -0.25) is 9.97 Å². The summed E-state index contributed by atoms with van der Waals surface area (Å²) in [6.07, 6.45) is 3.79. The van der Waals surface area contributed by atoms with Crippen LogP contribution in [0.15, 0.2) is 200 Å². The average molecular weight is 783 g/mol. The van der Waals surface area contributed by atoms with E-state index in [1.54, 1.807) is 0 Å². The molecule has 0 aliphatic carbocycles. The Hall–Kier alpha value is -7.28. The molecule has 3 aliphatic rings. The van der Waals surface area contributed by atoms with Crippen molar-refractivity contribution in [1.82, 2.24) is 9.97 Å². The molecular formula is C54H39BN4Si. The SMILES string of the molecule is Cc1cc2c3c(c1)[Si](c1ccccc1)(c1ccccc1)c1cc(C)cc4c1B3c1c(cccc1N4c1ccccc1-c1ccccn1)N2c1ccccc1-c1ccccn1. The van der Waals surface area contributed by atoms with Crippen LogP contribution in [0.1, 0.15) is 11.1 Å². The lowest BCUT2D eigenvalue weighted by molar-refractivity contribution is 1.23. The molecule has 0 radical (unpaired) electrons. The Morgan fingerprint density at radius 2 is 0.800 bits per heavy atom. The molecule has 0 N–H and O–H groups in total. The van der Waals surface area contributed by atoms with Gasteiger partial charge in [0.25, 0.3) is 6.71 Å². The maximum atomic E-state index is 4.92. The summed E-state index contributed by atoms with van der Waals surface area (Å²) in [5.74, 6) is 0. The summed E-state index contributed by atoms with van der Waals surface area (Å²) in [6, 6.07) is 69.8. The maximum absolute atomic E-state index is 4.92. The smallest absolute Gasteiger partial charge is 0.251 e. The van der Waals surface area contributed by atoms with Gasteiger partial charge < -0.3 is 9.80 Å². The fourth-order valence-electron chi connectivity index (χ4n) is 10.7. The molecule has 3 aliphatic heterocycles. The van der Waals surface area contributed by atoms with Gasteiger partial charge in [0.1, 0.15) is 0 Å². The second kappa shape index (κ2) is 13.4. The van der Waals surface area contributed by atoms with E-state index in [1.807, 2.05) is 24.5 Å². The lowest BCUT2D eigenvalue weighted by Gasteiger charge is -2.52. The number of para-hydroxylation sites is 2. The van der Waals surface area contributed by atoms with Crippen molar-refractivity contribution in [2.24, 2.45) is 0 Å². The van der Waals surface area contributed by atoms with E-state index >= 15 is 0 Å².